The molecule has 1 spiro atoms. The number of ether oxygens (including phenoxy) is 1. The maximum Gasteiger partial charge on any atom is 0.140 e. The van der Waals surface area contributed by atoms with Crippen molar-refractivity contribution in [2.45, 2.75) is 54.6 Å². The number of rotatable bonds is 2. The summed E-state index contributed by atoms with van der Waals surface area (Å²) in [5, 5.41) is 0. The van der Waals surface area contributed by atoms with E-state index in [9.17, 15) is 0 Å². The van der Waals surface area contributed by atoms with Crippen LogP contribution >= 0.6 is 11.6 Å². The smallest absolute Gasteiger partial charge is 0.140 e. The second-order valence-corrected chi connectivity index (χ2v) is 10.5. The zero-order valence-electron chi connectivity index (χ0n) is 17.7. The molecule has 0 amide bonds. The first kappa shape index (κ1) is 18.5. The molecule has 3 fully saturated rings. The first-order chi connectivity index (χ1) is 15.2. The first-order valence-corrected chi connectivity index (χ1v) is 12.2. The van der Waals surface area contributed by atoms with Gasteiger partial charge in [-0.1, -0.05) is 111 Å². The van der Waals surface area contributed by atoms with E-state index in [1.165, 1.54) is 54.4 Å². The minimum atomic E-state index is -0.600. The molecule has 2 heterocycles. The van der Waals surface area contributed by atoms with Crippen molar-refractivity contribution in [3.8, 4) is 0 Å². The topological polar surface area (TPSA) is 9.23 Å². The van der Waals surface area contributed by atoms with E-state index in [-0.39, 0.29) is 5.41 Å². The van der Waals surface area contributed by atoms with E-state index in [2.05, 4.69) is 84.9 Å². The Morgan fingerprint density at radius 3 is 1.87 bits per heavy atom. The van der Waals surface area contributed by atoms with Gasteiger partial charge in [0.25, 0.3) is 0 Å². The van der Waals surface area contributed by atoms with Crippen LogP contribution in [0.2, 0.25) is 0 Å². The molecule has 2 saturated carbocycles. The molecule has 4 aliphatic rings. The first-order valence-electron chi connectivity index (χ1n) is 11.8. The Kier molecular flexibility index (Phi) is 3.59. The molecular formula is C29H27ClO. The highest BCUT2D eigenvalue weighted by Gasteiger charge is 2.97. The number of hydrogen-bond acceptors (Lipinski definition) is 1. The summed E-state index contributed by atoms with van der Waals surface area (Å²) in [6, 6.07) is 30.7. The summed E-state index contributed by atoms with van der Waals surface area (Å²) in [6.45, 7) is 0. The molecule has 0 N–H and O–H groups in total. The molecule has 7 rings (SSSR count). The minimum Gasteiger partial charge on any atom is -0.347 e. The second kappa shape index (κ2) is 6.03. The quantitative estimate of drug-likeness (QED) is 0.395. The lowest BCUT2D eigenvalue weighted by Gasteiger charge is -2.39. The molecule has 2 bridgehead atoms. The summed E-state index contributed by atoms with van der Waals surface area (Å²) in [4.78, 5) is -0.407. The van der Waals surface area contributed by atoms with E-state index in [4.69, 9.17) is 16.3 Å². The molecule has 31 heavy (non-hydrogen) atoms. The molecule has 156 valence electrons. The molecule has 0 radical (unpaired) electrons. The van der Waals surface area contributed by atoms with Gasteiger partial charge in [0.05, 0.1) is 4.87 Å². The zero-order chi connectivity index (χ0) is 20.7. The molecule has 1 nitrogen and oxygen atoms in total. The summed E-state index contributed by atoms with van der Waals surface area (Å²) in [7, 11) is 0. The van der Waals surface area contributed by atoms with Crippen LogP contribution in [0.25, 0.3) is 0 Å². The summed E-state index contributed by atoms with van der Waals surface area (Å²) >= 11 is 7.98. The molecule has 1 saturated heterocycles. The van der Waals surface area contributed by atoms with Crippen LogP contribution in [0.3, 0.4) is 0 Å². The second-order valence-electron chi connectivity index (χ2n) is 9.93. The maximum atomic E-state index is 7.98. The number of halogens is 1. The predicted octanol–water partition coefficient (Wildman–Crippen LogP) is 7.17. The summed E-state index contributed by atoms with van der Waals surface area (Å²) in [5.41, 5.74) is 3.95. The number of fused-ring (bicyclic) bond motifs is 7. The van der Waals surface area contributed by atoms with Crippen molar-refractivity contribution < 1.29 is 4.74 Å². The van der Waals surface area contributed by atoms with Crippen LogP contribution < -0.4 is 0 Å². The van der Waals surface area contributed by atoms with Crippen molar-refractivity contribution >= 4 is 11.6 Å². The van der Waals surface area contributed by atoms with Gasteiger partial charge in [-0.3, -0.25) is 0 Å². The number of alkyl halides is 1. The fraction of sp³-hybridized carbons (Fsp3) is 0.379. The Morgan fingerprint density at radius 1 is 0.645 bits per heavy atom. The van der Waals surface area contributed by atoms with Gasteiger partial charge in [0.15, 0.2) is 0 Å². The van der Waals surface area contributed by atoms with Crippen LogP contribution in [-0.4, -0.2) is 4.87 Å². The molecule has 0 aromatic heterocycles. The molecule has 3 aromatic carbocycles. The zero-order valence-corrected chi connectivity index (χ0v) is 18.4. The third kappa shape index (κ3) is 1.80. The van der Waals surface area contributed by atoms with Crippen molar-refractivity contribution in [2.75, 3.05) is 0 Å². The molecule has 2 heteroatoms. The lowest BCUT2D eigenvalue weighted by Crippen LogP contribution is -2.41. The summed E-state index contributed by atoms with van der Waals surface area (Å²) in [6.07, 6.45) is 7.46. The van der Waals surface area contributed by atoms with Crippen LogP contribution in [0.5, 0.6) is 0 Å². The van der Waals surface area contributed by atoms with E-state index < -0.39 is 16.1 Å². The largest absolute Gasteiger partial charge is 0.347 e. The molecule has 0 unspecified atom stereocenters. The van der Waals surface area contributed by atoms with Gasteiger partial charge in [0.1, 0.15) is 11.2 Å². The van der Waals surface area contributed by atoms with Gasteiger partial charge in [-0.05, 0) is 41.0 Å². The monoisotopic (exact) mass is 426 g/mol. The number of benzene rings is 3. The SMILES string of the molecule is Cl[C@]12[C@@H]3CCCCCC[C@@]31[C@@]1(c3ccccc3)O[C@]2(c2ccccc2)c2ccccc21. The van der Waals surface area contributed by atoms with Crippen molar-refractivity contribution in [1.82, 2.24) is 0 Å². The van der Waals surface area contributed by atoms with Crippen LogP contribution in [0.1, 0.15) is 60.8 Å². The average molecular weight is 427 g/mol. The van der Waals surface area contributed by atoms with Crippen LogP contribution in [0, 0.1) is 11.3 Å². The lowest BCUT2D eigenvalue weighted by molar-refractivity contribution is -0.0989. The van der Waals surface area contributed by atoms with E-state index in [0.717, 1.165) is 6.42 Å². The van der Waals surface area contributed by atoms with Gasteiger partial charge >= 0.3 is 0 Å². The molecular weight excluding hydrogens is 400 g/mol. The molecule has 2 aliphatic carbocycles. The van der Waals surface area contributed by atoms with Crippen molar-refractivity contribution in [3.63, 3.8) is 0 Å². The van der Waals surface area contributed by atoms with Gasteiger partial charge in [-0.2, -0.15) is 0 Å². The molecule has 3 aromatic rings. The van der Waals surface area contributed by atoms with Crippen LogP contribution in [-0.2, 0) is 15.9 Å². The normalized spacial score (nSPS) is 39.7. The van der Waals surface area contributed by atoms with E-state index in [1.54, 1.807) is 0 Å². The fourth-order valence-corrected chi connectivity index (χ4v) is 8.85. The van der Waals surface area contributed by atoms with Gasteiger partial charge < -0.3 is 4.74 Å². The van der Waals surface area contributed by atoms with E-state index >= 15 is 0 Å². The lowest BCUT2D eigenvalue weighted by atomic mass is 9.63. The Bertz CT molecular complexity index is 1160. The van der Waals surface area contributed by atoms with Crippen molar-refractivity contribution in [2.24, 2.45) is 11.3 Å². The van der Waals surface area contributed by atoms with Gasteiger partial charge in [0.2, 0.25) is 0 Å². The van der Waals surface area contributed by atoms with Crippen molar-refractivity contribution in [3.05, 3.63) is 107 Å². The number of hydrogen-bond donors (Lipinski definition) is 0. The van der Waals surface area contributed by atoms with Gasteiger partial charge in [0, 0.05) is 5.41 Å². The third-order valence-electron chi connectivity index (χ3n) is 8.95. The summed E-state index contributed by atoms with van der Waals surface area (Å²) in [5.74, 6) is 0.462. The highest BCUT2D eigenvalue weighted by atomic mass is 35.5. The van der Waals surface area contributed by atoms with Gasteiger partial charge in [-0.25, -0.2) is 0 Å². The third-order valence-corrected chi connectivity index (χ3v) is 9.81. The standard InChI is InChI=1S/C29H27ClO/c30-29-25-19-9-1-2-12-20-26(25,29)27(21-13-5-3-6-14-21)23-17-10-11-18-24(23)28(29,31-27)22-15-7-4-8-16-22/h3-8,10-11,13-18,25H,1-2,9,12,19-20H2/t25-,26+,27+,28-,29-/m1/s1. The summed E-state index contributed by atoms with van der Waals surface area (Å²) < 4.78 is 7.48. The molecule has 2 aliphatic heterocycles. The van der Waals surface area contributed by atoms with Crippen LogP contribution in [0.15, 0.2) is 84.9 Å². The van der Waals surface area contributed by atoms with E-state index in [1.807, 2.05) is 0 Å². The maximum absolute atomic E-state index is 7.98. The highest BCUT2D eigenvalue weighted by molar-refractivity contribution is 6.29. The highest BCUT2D eigenvalue weighted by Crippen LogP contribution is 2.93. The molecule has 5 atom stereocenters. The minimum absolute atomic E-state index is 0.0620. The fourth-order valence-electron chi connectivity index (χ4n) is 8.00. The Morgan fingerprint density at radius 2 is 1.19 bits per heavy atom. The Hall–Kier alpha value is -2.09. The Labute approximate surface area is 189 Å². The van der Waals surface area contributed by atoms with E-state index in [0.29, 0.717) is 5.92 Å². The Balaban J connectivity index is 1.61. The predicted molar refractivity (Wildman–Crippen MR) is 124 cm³/mol. The average Bonchev–Trinajstić information content (AvgIpc) is 3.10. The van der Waals surface area contributed by atoms with Gasteiger partial charge in [-0.15, -0.1) is 11.6 Å². The van der Waals surface area contributed by atoms with Crippen LogP contribution in [0.4, 0.5) is 0 Å². The van der Waals surface area contributed by atoms with Crippen molar-refractivity contribution in [1.29, 1.82) is 0 Å².